The third-order valence-electron chi connectivity index (χ3n) is 2.76. The van der Waals surface area contributed by atoms with Gasteiger partial charge in [-0.3, -0.25) is 9.64 Å². The van der Waals surface area contributed by atoms with E-state index in [4.69, 9.17) is 0 Å². The van der Waals surface area contributed by atoms with Crippen molar-refractivity contribution in [3.63, 3.8) is 0 Å². The Kier molecular flexibility index (Phi) is 5.51. The largest absolute Gasteiger partial charge is 0.522 e. The van der Waals surface area contributed by atoms with Gasteiger partial charge in [-0.2, -0.15) is 0 Å². The van der Waals surface area contributed by atoms with E-state index in [0.29, 0.717) is 12.6 Å². The average Bonchev–Trinajstić information content (AvgIpc) is 2.67. The minimum atomic E-state index is -4.51. The molecule has 1 heterocycles. The number of hydrogen-bond acceptors (Lipinski definition) is 3. The van der Waals surface area contributed by atoms with Crippen LogP contribution >= 0.6 is 0 Å². The zero-order valence-corrected chi connectivity index (χ0v) is 9.52. The quantitative estimate of drug-likeness (QED) is 0.763. The van der Waals surface area contributed by atoms with Crippen LogP contribution in [0.25, 0.3) is 0 Å². The number of halogens is 3. The molecule has 0 aliphatic carbocycles. The fourth-order valence-electron chi connectivity index (χ4n) is 1.89. The Bertz CT molecular complexity index is 193. The number of ether oxygens (including phenoxy) is 1. The van der Waals surface area contributed by atoms with E-state index < -0.39 is 6.36 Å². The predicted octanol–water partition coefficient (Wildman–Crippen LogP) is 1.60. The molecule has 1 aliphatic heterocycles. The van der Waals surface area contributed by atoms with Gasteiger partial charge in [0.25, 0.3) is 0 Å². The Morgan fingerprint density at radius 3 is 2.69 bits per heavy atom. The highest BCUT2D eigenvalue weighted by atomic mass is 19.4. The van der Waals surface area contributed by atoms with Crippen LogP contribution in [0, 0.1) is 0 Å². The number of alkyl halides is 3. The van der Waals surface area contributed by atoms with Gasteiger partial charge in [0.2, 0.25) is 0 Å². The molecule has 0 aromatic rings. The fraction of sp³-hybridized carbons (Fsp3) is 1.00. The van der Waals surface area contributed by atoms with Crippen molar-refractivity contribution in [3.8, 4) is 0 Å². The molecule has 0 aromatic carbocycles. The molecular weight excluding hydrogens is 221 g/mol. The molecule has 96 valence electrons. The second-order valence-electron chi connectivity index (χ2n) is 3.98. The van der Waals surface area contributed by atoms with Gasteiger partial charge in [-0.25, -0.2) is 0 Å². The molecule has 6 heteroatoms. The predicted molar refractivity (Wildman–Crippen MR) is 55.1 cm³/mol. The molecule has 0 radical (unpaired) electrons. The molecule has 1 unspecified atom stereocenters. The first kappa shape index (κ1) is 13.7. The highest BCUT2D eigenvalue weighted by Crippen LogP contribution is 2.15. The van der Waals surface area contributed by atoms with E-state index in [-0.39, 0.29) is 6.61 Å². The zero-order chi connectivity index (χ0) is 12.0. The lowest BCUT2D eigenvalue weighted by atomic mass is 10.2. The summed E-state index contributed by atoms with van der Waals surface area (Å²) in [6, 6.07) is 0.422. The van der Waals surface area contributed by atoms with Crippen LogP contribution in [0.3, 0.4) is 0 Å². The van der Waals surface area contributed by atoms with Gasteiger partial charge in [-0.1, -0.05) is 6.92 Å². The summed E-state index contributed by atoms with van der Waals surface area (Å²) in [5, 5.41) is 3.32. The van der Waals surface area contributed by atoms with Crippen LogP contribution in [0.15, 0.2) is 0 Å². The van der Waals surface area contributed by atoms with E-state index in [1.165, 1.54) is 0 Å². The molecule has 1 atom stereocenters. The summed E-state index contributed by atoms with van der Waals surface area (Å²) < 4.78 is 39.0. The molecule has 16 heavy (non-hydrogen) atoms. The summed E-state index contributed by atoms with van der Waals surface area (Å²) in [5.74, 6) is 0. The Morgan fingerprint density at radius 1 is 1.44 bits per heavy atom. The topological polar surface area (TPSA) is 24.5 Å². The smallest absolute Gasteiger partial charge is 0.313 e. The van der Waals surface area contributed by atoms with Crippen molar-refractivity contribution in [2.45, 2.75) is 32.2 Å². The maximum Gasteiger partial charge on any atom is 0.522 e. The third kappa shape index (κ3) is 5.67. The van der Waals surface area contributed by atoms with Crippen molar-refractivity contribution in [2.24, 2.45) is 0 Å². The molecule has 1 saturated heterocycles. The molecule has 0 bridgehead atoms. The molecule has 3 nitrogen and oxygen atoms in total. The van der Waals surface area contributed by atoms with E-state index in [1.807, 2.05) is 11.8 Å². The normalized spacial score (nSPS) is 21.9. The number of nitrogens with one attached hydrogen (secondary N) is 1. The lowest BCUT2D eigenvalue weighted by molar-refractivity contribution is -0.325. The first-order valence-electron chi connectivity index (χ1n) is 5.67. The lowest BCUT2D eigenvalue weighted by Crippen LogP contribution is -2.39. The van der Waals surface area contributed by atoms with Crippen molar-refractivity contribution in [3.05, 3.63) is 0 Å². The van der Waals surface area contributed by atoms with Crippen molar-refractivity contribution in [1.82, 2.24) is 10.2 Å². The standard InChI is InChI=1S/C10H19F3N2O/c1-2-15(6-7-16-10(11,12)13)8-9-4-3-5-14-9/h9,14H,2-8H2,1H3. The molecule has 0 amide bonds. The average molecular weight is 240 g/mol. The number of likely N-dealkylation sites (N-methyl/N-ethyl adjacent to an activating group) is 1. The first-order chi connectivity index (χ1) is 7.51. The van der Waals surface area contributed by atoms with Crippen molar-refractivity contribution < 1.29 is 17.9 Å². The van der Waals surface area contributed by atoms with Gasteiger partial charge in [0.05, 0.1) is 6.61 Å². The molecule has 0 spiro atoms. The van der Waals surface area contributed by atoms with Crippen LogP contribution in [0.2, 0.25) is 0 Å². The van der Waals surface area contributed by atoms with Crippen LogP contribution < -0.4 is 5.32 Å². The van der Waals surface area contributed by atoms with Gasteiger partial charge in [0.15, 0.2) is 0 Å². The van der Waals surface area contributed by atoms with Crippen LogP contribution in [0.4, 0.5) is 13.2 Å². The van der Waals surface area contributed by atoms with Crippen molar-refractivity contribution in [2.75, 3.05) is 32.8 Å². The van der Waals surface area contributed by atoms with Crippen molar-refractivity contribution >= 4 is 0 Å². The molecule has 0 aromatic heterocycles. The Morgan fingerprint density at radius 2 is 2.19 bits per heavy atom. The summed E-state index contributed by atoms with van der Waals surface area (Å²) in [6.45, 7) is 4.55. The number of hydrogen-bond donors (Lipinski definition) is 1. The Hall–Kier alpha value is -0.330. The minimum absolute atomic E-state index is 0.288. The molecule has 1 N–H and O–H groups in total. The summed E-state index contributed by atoms with van der Waals surface area (Å²) in [6.07, 6.45) is -2.25. The summed E-state index contributed by atoms with van der Waals surface area (Å²) >= 11 is 0. The maximum atomic E-state index is 11.8. The minimum Gasteiger partial charge on any atom is -0.313 e. The van der Waals surface area contributed by atoms with Gasteiger partial charge < -0.3 is 5.32 Å². The van der Waals surface area contributed by atoms with Gasteiger partial charge in [-0.05, 0) is 25.9 Å². The molecule has 1 rings (SSSR count). The monoisotopic (exact) mass is 240 g/mol. The second kappa shape index (κ2) is 6.42. The SMILES string of the molecule is CCN(CCOC(F)(F)F)CC1CCCN1. The van der Waals surface area contributed by atoms with E-state index >= 15 is 0 Å². The van der Waals surface area contributed by atoms with E-state index in [0.717, 1.165) is 32.5 Å². The zero-order valence-electron chi connectivity index (χ0n) is 9.52. The number of rotatable bonds is 6. The van der Waals surface area contributed by atoms with Gasteiger partial charge in [0.1, 0.15) is 0 Å². The third-order valence-corrected chi connectivity index (χ3v) is 2.76. The molecular formula is C10H19F3N2O. The van der Waals surface area contributed by atoms with Crippen LogP contribution in [0.5, 0.6) is 0 Å². The highest BCUT2D eigenvalue weighted by Gasteiger charge is 2.29. The van der Waals surface area contributed by atoms with Gasteiger partial charge >= 0.3 is 6.36 Å². The first-order valence-corrected chi connectivity index (χ1v) is 5.67. The maximum absolute atomic E-state index is 11.8. The van der Waals surface area contributed by atoms with Crippen molar-refractivity contribution in [1.29, 1.82) is 0 Å². The van der Waals surface area contributed by atoms with Gasteiger partial charge in [0, 0.05) is 19.1 Å². The van der Waals surface area contributed by atoms with Crippen LogP contribution in [-0.4, -0.2) is 50.1 Å². The van der Waals surface area contributed by atoms with Crippen LogP contribution in [-0.2, 0) is 4.74 Å². The summed E-state index contributed by atoms with van der Waals surface area (Å²) in [5.41, 5.74) is 0. The fourth-order valence-corrected chi connectivity index (χ4v) is 1.89. The van der Waals surface area contributed by atoms with E-state index in [2.05, 4.69) is 10.1 Å². The lowest BCUT2D eigenvalue weighted by Gasteiger charge is -2.24. The molecule has 0 saturated carbocycles. The van der Waals surface area contributed by atoms with Gasteiger partial charge in [-0.15, -0.1) is 13.2 Å². The molecule has 1 fully saturated rings. The van der Waals surface area contributed by atoms with E-state index in [1.54, 1.807) is 0 Å². The highest BCUT2D eigenvalue weighted by molar-refractivity contribution is 4.77. The molecule has 1 aliphatic rings. The Labute approximate surface area is 93.9 Å². The van der Waals surface area contributed by atoms with E-state index in [9.17, 15) is 13.2 Å². The summed E-state index contributed by atoms with van der Waals surface area (Å²) in [4.78, 5) is 1.98. The second-order valence-corrected chi connectivity index (χ2v) is 3.98. The number of nitrogens with zero attached hydrogens (tertiary/aromatic N) is 1. The summed E-state index contributed by atoms with van der Waals surface area (Å²) in [7, 11) is 0. The van der Waals surface area contributed by atoms with Crippen LogP contribution in [0.1, 0.15) is 19.8 Å². The Balaban J connectivity index is 2.15.